The van der Waals surface area contributed by atoms with Crippen molar-refractivity contribution < 1.29 is 9.84 Å². The average Bonchev–Trinajstić information content (AvgIpc) is 2.59. The maximum absolute atomic E-state index is 9.96. The van der Waals surface area contributed by atoms with Gasteiger partial charge in [-0.3, -0.25) is 4.68 Å². The Hall–Kier alpha value is -0.390. The van der Waals surface area contributed by atoms with Crippen molar-refractivity contribution in [3.63, 3.8) is 0 Å². The highest BCUT2D eigenvalue weighted by Gasteiger charge is 2.16. The van der Waals surface area contributed by atoms with Gasteiger partial charge in [0.25, 0.3) is 0 Å². The highest BCUT2D eigenvalue weighted by Crippen LogP contribution is 2.25. The fraction of sp³-hybridized carbons (Fsp3) is 0.700. The number of ether oxygens (including phenoxy) is 1. The van der Waals surface area contributed by atoms with Crippen LogP contribution < -0.4 is 0 Å². The molecule has 1 aromatic heterocycles. The van der Waals surface area contributed by atoms with E-state index in [9.17, 15) is 5.11 Å². The number of hydrogen-bond acceptors (Lipinski definition) is 3. The molecule has 0 aromatic carbocycles. The molecule has 0 amide bonds. The predicted molar refractivity (Wildman–Crippen MR) is 61.7 cm³/mol. The zero-order valence-electron chi connectivity index (χ0n) is 9.11. The summed E-state index contributed by atoms with van der Waals surface area (Å²) in [6.45, 7) is 5.95. The highest BCUT2D eigenvalue weighted by atomic mass is 79.9. The number of aryl methyl sites for hydroxylation is 1. The van der Waals surface area contributed by atoms with Gasteiger partial charge in [-0.05, 0) is 29.8 Å². The summed E-state index contributed by atoms with van der Waals surface area (Å²) in [4.78, 5) is 0. The van der Waals surface area contributed by atoms with Crippen molar-refractivity contribution in [3.05, 3.63) is 16.4 Å². The Bertz CT molecular complexity index is 302. The van der Waals surface area contributed by atoms with E-state index >= 15 is 0 Å². The number of aliphatic hydroxyl groups is 1. The molecule has 0 aliphatic rings. The maximum atomic E-state index is 9.96. The van der Waals surface area contributed by atoms with Gasteiger partial charge in [0.15, 0.2) is 0 Å². The quantitative estimate of drug-likeness (QED) is 0.810. The Morgan fingerprint density at radius 2 is 2.33 bits per heavy atom. The molecular weight excluding hydrogens is 260 g/mol. The Labute approximate surface area is 98.4 Å². The second-order valence-electron chi connectivity index (χ2n) is 3.19. The summed E-state index contributed by atoms with van der Waals surface area (Å²) in [6, 6.07) is 0. The predicted octanol–water partition coefficient (Wildman–Crippen LogP) is 2.13. The first-order chi connectivity index (χ1) is 7.20. The smallest absolute Gasteiger partial charge is 0.0990 e. The fourth-order valence-electron chi connectivity index (χ4n) is 1.43. The largest absolute Gasteiger partial charge is 0.387 e. The standard InChI is InChI=1S/C10H17BrN2O2/c1-3-13-10(8(11)7-12-13)9(14)5-6-15-4-2/h7,9,14H,3-6H2,1-2H3. The van der Waals surface area contributed by atoms with Crippen molar-refractivity contribution in [2.45, 2.75) is 32.9 Å². The van der Waals surface area contributed by atoms with Crippen LogP contribution in [0.1, 0.15) is 32.1 Å². The van der Waals surface area contributed by atoms with Crippen molar-refractivity contribution >= 4 is 15.9 Å². The first kappa shape index (κ1) is 12.7. The topological polar surface area (TPSA) is 47.3 Å². The van der Waals surface area contributed by atoms with Gasteiger partial charge in [0.1, 0.15) is 0 Å². The molecular formula is C10H17BrN2O2. The van der Waals surface area contributed by atoms with Crippen molar-refractivity contribution in [3.8, 4) is 0 Å². The monoisotopic (exact) mass is 276 g/mol. The molecule has 0 spiro atoms. The van der Waals surface area contributed by atoms with E-state index in [1.54, 1.807) is 10.9 Å². The van der Waals surface area contributed by atoms with Crippen LogP contribution in [0.4, 0.5) is 0 Å². The van der Waals surface area contributed by atoms with Gasteiger partial charge in [-0.2, -0.15) is 5.10 Å². The van der Waals surface area contributed by atoms with E-state index in [1.165, 1.54) is 0 Å². The second-order valence-corrected chi connectivity index (χ2v) is 4.05. The molecule has 86 valence electrons. The summed E-state index contributed by atoms with van der Waals surface area (Å²) >= 11 is 3.38. The van der Waals surface area contributed by atoms with Crippen LogP contribution in [0.25, 0.3) is 0 Å². The minimum atomic E-state index is -0.520. The third-order valence-corrected chi connectivity index (χ3v) is 2.80. The van der Waals surface area contributed by atoms with Crippen LogP contribution in [-0.2, 0) is 11.3 Å². The first-order valence-electron chi connectivity index (χ1n) is 5.17. The van der Waals surface area contributed by atoms with Gasteiger partial charge in [-0.1, -0.05) is 0 Å². The average molecular weight is 277 g/mol. The zero-order valence-corrected chi connectivity index (χ0v) is 10.7. The number of aromatic nitrogens is 2. The van der Waals surface area contributed by atoms with Crippen LogP contribution in [0.2, 0.25) is 0 Å². The minimum absolute atomic E-state index is 0.520. The van der Waals surface area contributed by atoms with Crippen LogP contribution in [-0.4, -0.2) is 28.1 Å². The molecule has 5 heteroatoms. The van der Waals surface area contributed by atoms with E-state index in [4.69, 9.17) is 4.74 Å². The molecule has 1 rings (SSSR count). The number of aliphatic hydroxyl groups excluding tert-OH is 1. The summed E-state index contributed by atoms with van der Waals surface area (Å²) in [7, 11) is 0. The van der Waals surface area contributed by atoms with Crippen molar-refractivity contribution in [1.29, 1.82) is 0 Å². The molecule has 0 saturated carbocycles. The number of nitrogens with zero attached hydrogens (tertiary/aromatic N) is 2. The molecule has 1 N–H and O–H groups in total. The summed E-state index contributed by atoms with van der Waals surface area (Å²) in [6.07, 6.45) is 1.79. The number of hydrogen-bond donors (Lipinski definition) is 1. The normalized spacial score (nSPS) is 13.1. The van der Waals surface area contributed by atoms with Crippen LogP contribution in [0.3, 0.4) is 0 Å². The van der Waals surface area contributed by atoms with Gasteiger partial charge in [-0.25, -0.2) is 0 Å². The van der Waals surface area contributed by atoms with Gasteiger partial charge in [0.05, 0.1) is 22.5 Å². The van der Waals surface area contributed by atoms with Crippen molar-refractivity contribution in [2.75, 3.05) is 13.2 Å². The third kappa shape index (κ3) is 3.29. The van der Waals surface area contributed by atoms with Crippen LogP contribution in [0.15, 0.2) is 10.7 Å². The third-order valence-electron chi connectivity index (χ3n) is 2.19. The van der Waals surface area contributed by atoms with E-state index < -0.39 is 6.10 Å². The second kappa shape index (κ2) is 6.25. The van der Waals surface area contributed by atoms with E-state index in [0.717, 1.165) is 16.7 Å². The Balaban J connectivity index is 2.63. The first-order valence-corrected chi connectivity index (χ1v) is 5.97. The van der Waals surface area contributed by atoms with Crippen LogP contribution in [0.5, 0.6) is 0 Å². The number of halogens is 1. The Morgan fingerprint density at radius 3 is 2.93 bits per heavy atom. The van der Waals surface area contributed by atoms with Gasteiger partial charge in [-0.15, -0.1) is 0 Å². The summed E-state index contributed by atoms with van der Waals surface area (Å²) < 4.78 is 7.86. The molecule has 15 heavy (non-hydrogen) atoms. The summed E-state index contributed by atoms with van der Waals surface area (Å²) in [5.41, 5.74) is 0.831. The van der Waals surface area contributed by atoms with E-state index in [2.05, 4.69) is 21.0 Å². The van der Waals surface area contributed by atoms with Gasteiger partial charge >= 0.3 is 0 Å². The molecule has 0 radical (unpaired) electrons. The number of rotatable bonds is 6. The molecule has 1 unspecified atom stereocenters. The molecule has 0 saturated heterocycles. The SMILES string of the molecule is CCOCCC(O)c1c(Br)cnn1CC. The fourth-order valence-corrected chi connectivity index (χ4v) is 1.99. The van der Waals surface area contributed by atoms with E-state index in [0.29, 0.717) is 19.6 Å². The Kier molecular flexibility index (Phi) is 5.28. The van der Waals surface area contributed by atoms with Crippen molar-refractivity contribution in [2.24, 2.45) is 0 Å². The van der Waals surface area contributed by atoms with E-state index in [1.807, 2.05) is 13.8 Å². The summed E-state index contributed by atoms with van der Waals surface area (Å²) in [5, 5.41) is 14.1. The van der Waals surface area contributed by atoms with Crippen molar-refractivity contribution in [1.82, 2.24) is 9.78 Å². The lowest BCUT2D eigenvalue weighted by Crippen LogP contribution is -2.10. The molecule has 0 aliphatic heterocycles. The lowest BCUT2D eigenvalue weighted by molar-refractivity contribution is 0.0838. The van der Waals surface area contributed by atoms with Gasteiger partial charge < -0.3 is 9.84 Å². The minimum Gasteiger partial charge on any atom is -0.387 e. The van der Waals surface area contributed by atoms with E-state index in [-0.39, 0.29) is 0 Å². The zero-order chi connectivity index (χ0) is 11.3. The molecule has 4 nitrogen and oxygen atoms in total. The van der Waals surface area contributed by atoms with Crippen LogP contribution >= 0.6 is 15.9 Å². The molecule has 0 bridgehead atoms. The Morgan fingerprint density at radius 1 is 1.60 bits per heavy atom. The van der Waals surface area contributed by atoms with Crippen LogP contribution in [0, 0.1) is 0 Å². The highest BCUT2D eigenvalue weighted by molar-refractivity contribution is 9.10. The molecule has 1 heterocycles. The molecule has 1 aromatic rings. The van der Waals surface area contributed by atoms with Gasteiger partial charge in [0, 0.05) is 26.2 Å². The summed E-state index contributed by atoms with van der Waals surface area (Å²) in [5.74, 6) is 0. The molecule has 0 aliphatic carbocycles. The lowest BCUT2D eigenvalue weighted by atomic mass is 10.2. The maximum Gasteiger partial charge on any atom is 0.0990 e. The molecule has 1 atom stereocenters. The van der Waals surface area contributed by atoms with Gasteiger partial charge in [0.2, 0.25) is 0 Å². The molecule has 0 fully saturated rings. The lowest BCUT2D eigenvalue weighted by Gasteiger charge is -2.13.